The third-order valence-electron chi connectivity index (χ3n) is 1.21. The van der Waals surface area contributed by atoms with E-state index in [0.29, 0.717) is 20.2 Å². The zero-order valence-electron chi connectivity index (χ0n) is 11.4. The number of hydrogen-bond donors (Lipinski definition) is 0. The van der Waals surface area contributed by atoms with Crippen LogP contribution in [0.2, 0.25) is 0 Å². The van der Waals surface area contributed by atoms with Gasteiger partial charge in [-0.25, -0.2) is 0 Å². The van der Waals surface area contributed by atoms with Crippen molar-refractivity contribution in [3.8, 4) is 0 Å². The minimum atomic E-state index is 0. The Morgan fingerprint density at radius 1 is 0.700 bits per heavy atom. The van der Waals surface area contributed by atoms with Crippen molar-refractivity contribution in [2.45, 2.75) is 39.8 Å². The largest absolute Gasteiger partial charge is 0 e. The average molecular weight is 494 g/mol. The van der Waals surface area contributed by atoms with Gasteiger partial charge in [0.05, 0.1) is 0 Å². The maximum absolute atomic E-state index is 7.50. The maximum atomic E-state index is 7.50. The maximum Gasteiger partial charge on any atom is 0 e. The van der Waals surface area contributed by atoms with Gasteiger partial charge in [-0.05, 0) is 27.7 Å². The average Bonchev–Trinajstić information content (AvgIpc) is 2.49. The summed E-state index contributed by atoms with van der Waals surface area (Å²) in [5, 5.41) is 0. The van der Waals surface area contributed by atoms with Crippen LogP contribution in [0.25, 0.3) is 0 Å². The van der Waals surface area contributed by atoms with Crippen LogP contribution in [0.15, 0.2) is 0 Å². The second-order valence-electron chi connectivity index (χ2n) is 2.68. The molecule has 0 saturated carbocycles. The summed E-state index contributed by atoms with van der Waals surface area (Å²) in [6, 6.07) is 1.14. The number of halogens is 1. The van der Waals surface area contributed by atoms with Crippen molar-refractivity contribution in [2.75, 3.05) is 0 Å². The fourth-order valence-corrected chi connectivity index (χ4v) is 2.35. The Bertz CT molecular complexity index is 198. The van der Waals surface area contributed by atoms with E-state index in [2.05, 4.69) is 65.6 Å². The van der Waals surface area contributed by atoms with E-state index in [-0.39, 0.29) is 20.4 Å². The van der Waals surface area contributed by atoms with Crippen molar-refractivity contribution >= 4 is 19.3 Å². The molecule has 0 aliphatic rings. The van der Waals surface area contributed by atoms with E-state index in [4.69, 9.17) is 34.5 Å². The van der Waals surface area contributed by atoms with Crippen LogP contribution in [0.4, 0.5) is 0 Å². The van der Waals surface area contributed by atoms with Gasteiger partial charge in [0.15, 0.2) is 0 Å². The zero-order valence-corrected chi connectivity index (χ0v) is 15.9. The summed E-state index contributed by atoms with van der Waals surface area (Å²) < 4.78 is 39.8. The van der Waals surface area contributed by atoms with Crippen molar-refractivity contribution in [2.24, 2.45) is 0 Å². The Kier molecular flexibility index (Phi) is 131. The van der Waals surface area contributed by atoms with Gasteiger partial charge >= 0.3 is 56.5 Å². The molecule has 20 heavy (non-hydrogen) atoms. The van der Waals surface area contributed by atoms with Crippen molar-refractivity contribution < 1.29 is 43.7 Å². The molecule has 0 aromatic heterocycles. The minimum absolute atomic E-state index is 0. The van der Waals surface area contributed by atoms with E-state index in [9.17, 15) is 0 Å². The molecule has 0 saturated heterocycles. The molecule has 6 nitrogen and oxygen atoms in total. The Morgan fingerprint density at radius 2 is 0.850 bits per heavy atom. The molecule has 0 fully saturated rings. The number of hydrogen-bond acceptors (Lipinski definition) is 1. The SMILES string of the molecule is CC(C)N(PCl)C(C)C.[C-]#[O+].[C-]#[O+].[C-]#[O+].[C-]#[O+].[C-]#[O+].[Re]. The second-order valence-corrected chi connectivity index (χ2v) is 3.87. The first-order chi connectivity index (χ1) is 9.09. The molecule has 0 rings (SSSR count). The zero-order chi connectivity index (χ0) is 17.4. The van der Waals surface area contributed by atoms with Crippen LogP contribution >= 0.6 is 19.3 Å². The smallest absolute Gasteiger partial charge is 0 e. The molecular weight excluding hydrogens is 479 g/mol. The number of rotatable bonds is 3. The molecule has 0 aliphatic carbocycles. The predicted molar refractivity (Wildman–Crippen MR) is 65.9 cm³/mol. The van der Waals surface area contributed by atoms with E-state index >= 15 is 0 Å². The standard InChI is InChI=1S/C6H15ClNP.5CO.Re/c1-5(2)8(9-7)6(3)4;5*1-2;/h5-6,9H,1-4H3;;;;;;. The van der Waals surface area contributed by atoms with Gasteiger partial charge in [-0.15, -0.1) is 0 Å². The van der Waals surface area contributed by atoms with Crippen LogP contribution < -0.4 is 0 Å². The van der Waals surface area contributed by atoms with Gasteiger partial charge in [-0.2, -0.15) is 0 Å². The molecule has 0 aromatic rings. The molecule has 1 unspecified atom stereocenters. The summed E-state index contributed by atoms with van der Waals surface area (Å²) in [6.07, 6.45) is 0. The Morgan fingerprint density at radius 3 is 0.850 bits per heavy atom. The summed E-state index contributed by atoms with van der Waals surface area (Å²) in [5.41, 5.74) is 0. The van der Waals surface area contributed by atoms with Crippen LogP contribution in [-0.2, 0) is 43.7 Å². The molecule has 0 aromatic carbocycles. The molecule has 0 spiro atoms. The molecule has 0 N–H and O–H groups in total. The van der Waals surface area contributed by atoms with Crippen molar-refractivity contribution in [3.63, 3.8) is 0 Å². The van der Waals surface area contributed by atoms with E-state index in [0.717, 1.165) is 0 Å². The summed E-state index contributed by atoms with van der Waals surface area (Å²) in [5.74, 6) is 0. The van der Waals surface area contributed by atoms with Crippen molar-refractivity contribution in [1.29, 1.82) is 0 Å². The third kappa shape index (κ3) is 52.0. The Labute approximate surface area is 140 Å². The molecule has 0 aliphatic heterocycles. The van der Waals surface area contributed by atoms with Crippen molar-refractivity contribution in [3.05, 3.63) is 33.3 Å². The summed E-state index contributed by atoms with van der Waals surface area (Å²) >= 11 is 5.71. The van der Waals surface area contributed by atoms with Crippen LogP contribution in [0.3, 0.4) is 0 Å². The normalized spacial score (nSPS) is 6.50. The molecule has 0 heterocycles. The molecule has 113 valence electrons. The third-order valence-corrected chi connectivity index (χ3v) is 3.02. The monoisotopic (exact) mass is 494 g/mol. The summed E-state index contributed by atoms with van der Waals surface area (Å²) in [7, 11) is 0.415. The first-order valence-electron chi connectivity index (χ1n) is 4.26. The Balaban J connectivity index is -0.0000000261. The first kappa shape index (κ1) is 42.7. The summed E-state index contributed by atoms with van der Waals surface area (Å²) in [6.45, 7) is 31.1. The van der Waals surface area contributed by atoms with Crippen LogP contribution in [-0.4, -0.2) is 16.8 Å². The van der Waals surface area contributed by atoms with Gasteiger partial charge in [0, 0.05) is 40.6 Å². The molecule has 9 heteroatoms. The number of nitrogens with zero attached hydrogens (tertiary/aromatic N) is 1. The van der Waals surface area contributed by atoms with Gasteiger partial charge < -0.3 is 0 Å². The van der Waals surface area contributed by atoms with Crippen LogP contribution in [0.1, 0.15) is 27.7 Å². The van der Waals surface area contributed by atoms with E-state index < -0.39 is 0 Å². The van der Waals surface area contributed by atoms with E-state index in [1.807, 2.05) is 0 Å². The molecule has 1 atom stereocenters. The van der Waals surface area contributed by atoms with E-state index in [1.54, 1.807) is 0 Å². The molecule has 0 bridgehead atoms. The molecular formula is C11H15ClNO5PRe. The van der Waals surface area contributed by atoms with Gasteiger partial charge in [-0.3, -0.25) is 4.67 Å². The topological polar surface area (TPSA) is 103 Å². The van der Waals surface area contributed by atoms with Gasteiger partial charge in [0.2, 0.25) is 0 Å². The molecule has 0 amide bonds. The van der Waals surface area contributed by atoms with Gasteiger partial charge in [0.1, 0.15) is 0 Å². The second kappa shape index (κ2) is 61.5. The summed E-state index contributed by atoms with van der Waals surface area (Å²) in [4.78, 5) is 0. The molecule has 1 radical (unpaired) electrons. The van der Waals surface area contributed by atoms with E-state index in [1.165, 1.54) is 0 Å². The fraction of sp³-hybridized carbons (Fsp3) is 0.545. The van der Waals surface area contributed by atoms with Crippen LogP contribution in [0, 0.1) is 33.3 Å². The fourth-order valence-electron chi connectivity index (χ4n) is 0.791. The quantitative estimate of drug-likeness (QED) is 0.337. The first-order valence-corrected chi connectivity index (χ1v) is 6.22. The predicted octanol–water partition coefficient (Wildman–Crippen LogP) is 2.66. The minimum Gasteiger partial charge on any atom is 0 e. The van der Waals surface area contributed by atoms with Gasteiger partial charge in [0.25, 0.3) is 0 Å². The van der Waals surface area contributed by atoms with Crippen LogP contribution in [0.5, 0.6) is 0 Å². The Hall–Kier alpha value is 0.0423. The van der Waals surface area contributed by atoms with Gasteiger partial charge in [-0.1, -0.05) is 11.2 Å². The van der Waals surface area contributed by atoms with Crippen molar-refractivity contribution in [1.82, 2.24) is 4.67 Å².